The van der Waals surface area contributed by atoms with Gasteiger partial charge in [0.25, 0.3) is 0 Å². The third kappa shape index (κ3) is 4.63. The zero-order valence-corrected chi connectivity index (χ0v) is 21.5. The molecule has 2 fully saturated rings. The fraction of sp³-hybridized carbons (Fsp3) is 0.548. The van der Waals surface area contributed by atoms with Gasteiger partial charge in [0.15, 0.2) is 0 Å². The first kappa shape index (κ1) is 25.2. The van der Waals surface area contributed by atoms with E-state index < -0.39 is 16.6 Å². The summed E-state index contributed by atoms with van der Waals surface area (Å²) in [4.78, 5) is 2.44. The minimum Gasteiger partial charge on any atom is -0.384 e. The van der Waals surface area contributed by atoms with E-state index in [0.29, 0.717) is 5.92 Å². The van der Waals surface area contributed by atoms with Crippen LogP contribution < -0.4 is 0 Å². The third-order valence-electron chi connectivity index (χ3n) is 8.58. The highest BCUT2D eigenvalue weighted by Crippen LogP contribution is 2.69. The molecule has 0 heterocycles. The van der Waals surface area contributed by atoms with E-state index in [4.69, 9.17) is 0 Å². The van der Waals surface area contributed by atoms with Gasteiger partial charge >= 0.3 is 0 Å². The first-order valence-electron chi connectivity index (χ1n) is 13.1. The largest absolute Gasteiger partial charge is 0.384 e. The van der Waals surface area contributed by atoms with Crippen molar-refractivity contribution in [2.24, 2.45) is 11.3 Å². The summed E-state index contributed by atoms with van der Waals surface area (Å²) in [6, 6.07) is 21.0. The minimum absolute atomic E-state index is 0.147. The first-order chi connectivity index (χ1) is 16.2. The SMILES string of the molecule is CC(C)=C[C@]1(O)C(C)(C)[C@@]1(O)C(CC1CCCCC1)N(Cc1ccccc1)Cc1ccccc1. The van der Waals surface area contributed by atoms with Crippen LogP contribution in [0.1, 0.15) is 77.3 Å². The number of benzene rings is 2. The van der Waals surface area contributed by atoms with Crippen molar-refractivity contribution < 1.29 is 10.2 Å². The molecule has 2 saturated carbocycles. The summed E-state index contributed by atoms with van der Waals surface area (Å²) in [6.45, 7) is 9.57. The monoisotopic (exact) mass is 461 g/mol. The normalized spacial score (nSPS) is 27.4. The smallest absolute Gasteiger partial charge is 0.122 e. The Hall–Kier alpha value is -1.94. The maximum atomic E-state index is 12.4. The molecule has 2 aliphatic carbocycles. The number of nitrogens with zero attached hydrogens (tertiary/aromatic N) is 1. The highest BCUT2D eigenvalue weighted by Gasteiger charge is 2.84. The number of rotatable bonds is 9. The second kappa shape index (κ2) is 9.97. The molecule has 2 aromatic carbocycles. The van der Waals surface area contributed by atoms with Gasteiger partial charge in [-0.15, -0.1) is 0 Å². The average Bonchev–Trinajstić information content (AvgIpc) is 3.16. The lowest BCUT2D eigenvalue weighted by Crippen LogP contribution is -2.50. The summed E-state index contributed by atoms with van der Waals surface area (Å²) < 4.78 is 0. The maximum absolute atomic E-state index is 12.4. The molecule has 0 aromatic heterocycles. The topological polar surface area (TPSA) is 43.7 Å². The van der Waals surface area contributed by atoms with E-state index in [1.165, 1.54) is 43.2 Å². The van der Waals surface area contributed by atoms with Gasteiger partial charge in [-0.05, 0) is 37.3 Å². The number of hydrogen-bond donors (Lipinski definition) is 2. The Bertz CT molecular complexity index is 918. The van der Waals surface area contributed by atoms with Gasteiger partial charge < -0.3 is 10.2 Å². The molecule has 184 valence electrons. The Morgan fingerprint density at radius 3 is 1.85 bits per heavy atom. The summed E-state index contributed by atoms with van der Waals surface area (Å²) in [5.41, 5.74) is 0.449. The molecular formula is C31H43NO2. The predicted octanol–water partition coefficient (Wildman–Crippen LogP) is 6.50. The molecule has 2 N–H and O–H groups in total. The van der Waals surface area contributed by atoms with Crippen LogP contribution in [0.15, 0.2) is 72.3 Å². The second-order valence-corrected chi connectivity index (χ2v) is 11.5. The number of allylic oxidation sites excluding steroid dienone is 1. The van der Waals surface area contributed by atoms with E-state index in [2.05, 4.69) is 65.6 Å². The van der Waals surface area contributed by atoms with E-state index >= 15 is 0 Å². The average molecular weight is 462 g/mol. The van der Waals surface area contributed by atoms with Gasteiger partial charge in [0.1, 0.15) is 11.2 Å². The van der Waals surface area contributed by atoms with Crippen molar-refractivity contribution in [3.8, 4) is 0 Å². The van der Waals surface area contributed by atoms with Gasteiger partial charge in [-0.2, -0.15) is 0 Å². The lowest BCUT2D eigenvalue weighted by molar-refractivity contribution is -0.0463. The Balaban J connectivity index is 1.75. The molecule has 0 aliphatic heterocycles. The van der Waals surface area contributed by atoms with Crippen molar-refractivity contribution in [2.75, 3.05) is 0 Å². The zero-order chi connectivity index (χ0) is 24.4. The van der Waals surface area contributed by atoms with Crippen LogP contribution in [0.5, 0.6) is 0 Å². The van der Waals surface area contributed by atoms with Gasteiger partial charge in [0.05, 0.1) is 0 Å². The fourth-order valence-electron chi connectivity index (χ4n) is 6.51. The van der Waals surface area contributed by atoms with Gasteiger partial charge in [-0.1, -0.05) is 118 Å². The predicted molar refractivity (Wildman–Crippen MR) is 140 cm³/mol. The molecule has 1 unspecified atom stereocenters. The van der Waals surface area contributed by atoms with Gasteiger partial charge in [-0.3, -0.25) is 4.90 Å². The lowest BCUT2D eigenvalue weighted by Gasteiger charge is -2.40. The molecule has 0 bridgehead atoms. The van der Waals surface area contributed by atoms with E-state index in [1.807, 2.05) is 33.8 Å². The molecular weight excluding hydrogens is 418 g/mol. The van der Waals surface area contributed by atoms with Gasteiger partial charge in [0.2, 0.25) is 0 Å². The van der Waals surface area contributed by atoms with Crippen LogP contribution in [0, 0.1) is 11.3 Å². The van der Waals surface area contributed by atoms with Crippen molar-refractivity contribution >= 4 is 0 Å². The highest BCUT2D eigenvalue weighted by atomic mass is 16.4. The van der Waals surface area contributed by atoms with Crippen LogP contribution in [0.4, 0.5) is 0 Å². The molecule has 3 nitrogen and oxygen atoms in total. The number of hydrogen-bond acceptors (Lipinski definition) is 3. The van der Waals surface area contributed by atoms with Crippen molar-refractivity contribution in [1.29, 1.82) is 0 Å². The number of aliphatic hydroxyl groups is 2. The van der Waals surface area contributed by atoms with Crippen LogP contribution >= 0.6 is 0 Å². The van der Waals surface area contributed by atoms with Crippen molar-refractivity contribution in [1.82, 2.24) is 4.90 Å². The van der Waals surface area contributed by atoms with E-state index in [9.17, 15) is 10.2 Å². The molecule has 0 radical (unpaired) electrons. The van der Waals surface area contributed by atoms with Crippen molar-refractivity contribution in [3.63, 3.8) is 0 Å². The summed E-state index contributed by atoms with van der Waals surface area (Å²) in [7, 11) is 0. The van der Waals surface area contributed by atoms with Crippen LogP contribution in [-0.4, -0.2) is 32.4 Å². The van der Waals surface area contributed by atoms with Crippen LogP contribution in [0.2, 0.25) is 0 Å². The van der Waals surface area contributed by atoms with Gasteiger partial charge in [-0.25, -0.2) is 0 Å². The molecule has 0 saturated heterocycles. The Labute approximate surface area is 206 Å². The summed E-state index contributed by atoms with van der Waals surface area (Å²) in [5, 5.41) is 24.3. The summed E-state index contributed by atoms with van der Waals surface area (Å²) in [5.74, 6) is 0.587. The van der Waals surface area contributed by atoms with Crippen molar-refractivity contribution in [2.45, 2.75) is 96.6 Å². The molecule has 0 spiro atoms. The molecule has 0 amide bonds. The highest BCUT2D eigenvalue weighted by molar-refractivity contribution is 5.43. The minimum atomic E-state index is -1.23. The molecule has 2 aliphatic rings. The Morgan fingerprint density at radius 1 is 0.882 bits per heavy atom. The van der Waals surface area contributed by atoms with Crippen LogP contribution in [-0.2, 0) is 13.1 Å². The first-order valence-corrected chi connectivity index (χ1v) is 13.1. The lowest BCUT2D eigenvalue weighted by atomic mass is 9.81. The van der Waals surface area contributed by atoms with E-state index in [1.54, 1.807) is 0 Å². The molecule has 3 heteroatoms. The van der Waals surface area contributed by atoms with E-state index in [-0.39, 0.29) is 6.04 Å². The van der Waals surface area contributed by atoms with Crippen molar-refractivity contribution in [3.05, 3.63) is 83.4 Å². The second-order valence-electron chi connectivity index (χ2n) is 11.5. The molecule has 2 aromatic rings. The quantitative estimate of drug-likeness (QED) is 0.419. The molecule has 4 rings (SSSR count). The standard InChI is InChI=1S/C31H43NO2/c1-24(2)21-30(33)29(3,4)31(30,34)28(20-25-14-8-5-9-15-25)32(22-26-16-10-6-11-17-26)23-27-18-12-7-13-19-27/h6-7,10-13,16-19,21,25,28,33-34H,5,8-9,14-15,20,22-23H2,1-4H3/t28?,30-,31-/m0/s1. The van der Waals surface area contributed by atoms with Crippen LogP contribution in [0.3, 0.4) is 0 Å². The Morgan fingerprint density at radius 2 is 1.38 bits per heavy atom. The summed E-state index contributed by atoms with van der Waals surface area (Å²) in [6.07, 6.45) is 9.12. The van der Waals surface area contributed by atoms with Gasteiger partial charge in [0, 0.05) is 24.5 Å². The zero-order valence-electron chi connectivity index (χ0n) is 21.5. The third-order valence-corrected chi connectivity index (χ3v) is 8.58. The summed E-state index contributed by atoms with van der Waals surface area (Å²) >= 11 is 0. The Kier molecular flexibility index (Phi) is 7.38. The van der Waals surface area contributed by atoms with Crippen LogP contribution in [0.25, 0.3) is 0 Å². The maximum Gasteiger partial charge on any atom is 0.122 e. The molecule has 34 heavy (non-hydrogen) atoms. The van der Waals surface area contributed by atoms with E-state index in [0.717, 1.165) is 25.1 Å². The molecule has 3 atom stereocenters. The fourth-order valence-corrected chi connectivity index (χ4v) is 6.51.